The third-order valence-electron chi connectivity index (χ3n) is 9.11. The first-order valence-corrected chi connectivity index (χ1v) is 14.4. The maximum Gasteiger partial charge on any atom is 0.0972 e. The molecule has 0 saturated carbocycles. The molecule has 2 aromatic heterocycles. The number of rotatable bonds is 3. The molecule has 2 aliphatic carbocycles. The van der Waals surface area contributed by atoms with Crippen LogP contribution in [0.2, 0.25) is 0 Å². The largest absolute Gasteiger partial charge is 0.245 e. The highest BCUT2D eigenvalue weighted by Crippen LogP contribution is 2.52. The van der Waals surface area contributed by atoms with Crippen molar-refractivity contribution in [1.29, 1.82) is 0 Å². The quantitative estimate of drug-likeness (QED) is 0.214. The lowest BCUT2D eigenvalue weighted by molar-refractivity contribution is 0.591. The van der Waals surface area contributed by atoms with E-state index in [1.807, 2.05) is 6.07 Å². The van der Waals surface area contributed by atoms with E-state index in [4.69, 9.17) is 9.97 Å². The highest BCUT2D eigenvalue weighted by molar-refractivity contribution is 6.04. The molecule has 0 spiro atoms. The van der Waals surface area contributed by atoms with Crippen molar-refractivity contribution in [3.63, 3.8) is 0 Å². The van der Waals surface area contributed by atoms with Crippen LogP contribution in [0.1, 0.15) is 42.9 Å². The summed E-state index contributed by atoms with van der Waals surface area (Å²) in [5.41, 5.74) is 13.3. The number of hydrogen-bond donors (Lipinski definition) is 0. The molecule has 0 bridgehead atoms. The molecular formula is C39H30N2. The van der Waals surface area contributed by atoms with Gasteiger partial charge in [0.05, 0.1) is 22.4 Å². The van der Waals surface area contributed by atoms with Gasteiger partial charge in [0, 0.05) is 33.2 Å². The highest BCUT2D eigenvalue weighted by Gasteiger charge is 2.38. The molecule has 0 N–H and O–H groups in total. The zero-order valence-corrected chi connectivity index (χ0v) is 23.3. The topological polar surface area (TPSA) is 25.8 Å². The van der Waals surface area contributed by atoms with Crippen LogP contribution in [0.3, 0.4) is 0 Å². The number of fused-ring (bicyclic) bond motifs is 5. The van der Waals surface area contributed by atoms with Gasteiger partial charge in [0.2, 0.25) is 0 Å². The first-order valence-electron chi connectivity index (χ1n) is 14.4. The van der Waals surface area contributed by atoms with Crippen molar-refractivity contribution in [2.75, 3.05) is 0 Å². The summed E-state index contributed by atoms with van der Waals surface area (Å²) < 4.78 is 0. The van der Waals surface area contributed by atoms with E-state index in [2.05, 4.69) is 135 Å². The van der Waals surface area contributed by atoms with Crippen LogP contribution in [0.4, 0.5) is 0 Å². The number of pyridine rings is 2. The highest BCUT2D eigenvalue weighted by atomic mass is 14.8. The Kier molecular flexibility index (Phi) is 5.33. The van der Waals surface area contributed by atoms with Gasteiger partial charge in [-0.05, 0) is 40.8 Å². The molecule has 6 aromatic rings. The van der Waals surface area contributed by atoms with Crippen molar-refractivity contribution in [3.05, 3.63) is 150 Å². The van der Waals surface area contributed by atoms with E-state index in [1.165, 1.54) is 22.3 Å². The Morgan fingerprint density at radius 2 is 1.20 bits per heavy atom. The summed E-state index contributed by atoms with van der Waals surface area (Å²) in [7, 11) is 0. The molecule has 1 atom stereocenters. The van der Waals surface area contributed by atoms with E-state index >= 15 is 0 Å². The van der Waals surface area contributed by atoms with Crippen LogP contribution in [0.5, 0.6) is 0 Å². The van der Waals surface area contributed by atoms with Gasteiger partial charge in [-0.1, -0.05) is 135 Å². The molecule has 4 aromatic carbocycles. The summed E-state index contributed by atoms with van der Waals surface area (Å²) in [6.45, 7) is 4.75. The van der Waals surface area contributed by atoms with Crippen LogP contribution in [-0.4, -0.2) is 9.97 Å². The Labute approximate surface area is 240 Å². The molecule has 2 nitrogen and oxygen atoms in total. The Morgan fingerprint density at radius 1 is 0.610 bits per heavy atom. The zero-order valence-electron chi connectivity index (χ0n) is 23.3. The van der Waals surface area contributed by atoms with Crippen LogP contribution >= 0.6 is 0 Å². The van der Waals surface area contributed by atoms with Crippen molar-refractivity contribution >= 4 is 27.4 Å². The molecule has 2 heterocycles. The first kappa shape index (κ1) is 24.0. The van der Waals surface area contributed by atoms with Gasteiger partial charge in [0.1, 0.15) is 0 Å². The van der Waals surface area contributed by atoms with E-state index in [0.717, 1.165) is 50.7 Å². The number of allylic oxidation sites excluding steroid dienone is 4. The molecule has 0 fully saturated rings. The molecule has 0 saturated heterocycles. The van der Waals surface area contributed by atoms with Gasteiger partial charge in [0.25, 0.3) is 0 Å². The minimum Gasteiger partial charge on any atom is -0.245 e. The maximum atomic E-state index is 5.15. The van der Waals surface area contributed by atoms with Crippen LogP contribution < -0.4 is 0 Å². The second-order valence-corrected chi connectivity index (χ2v) is 11.8. The normalized spacial score (nSPS) is 17.2. The second kappa shape index (κ2) is 9.11. The Bertz CT molecular complexity index is 2030. The molecule has 0 amide bonds. The van der Waals surface area contributed by atoms with Gasteiger partial charge in [-0.25, -0.2) is 9.97 Å². The average Bonchev–Trinajstić information content (AvgIpc) is 3.27. The van der Waals surface area contributed by atoms with Crippen LogP contribution in [0.15, 0.2) is 133 Å². The van der Waals surface area contributed by atoms with Crippen LogP contribution in [0, 0.1) is 0 Å². The molecule has 1 unspecified atom stereocenters. The summed E-state index contributed by atoms with van der Waals surface area (Å²) in [6.07, 6.45) is 5.81. The van der Waals surface area contributed by atoms with Gasteiger partial charge in [0.15, 0.2) is 0 Å². The predicted octanol–water partition coefficient (Wildman–Crippen LogP) is 9.91. The summed E-state index contributed by atoms with van der Waals surface area (Å²) in [6, 6.07) is 41.1. The molecular weight excluding hydrogens is 496 g/mol. The number of aromatic nitrogens is 2. The molecule has 41 heavy (non-hydrogen) atoms. The molecule has 0 radical (unpaired) electrons. The third kappa shape index (κ3) is 3.86. The Morgan fingerprint density at radius 3 is 1.88 bits per heavy atom. The van der Waals surface area contributed by atoms with Crippen molar-refractivity contribution in [2.45, 2.75) is 31.6 Å². The van der Waals surface area contributed by atoms with E-state index in [9.17, 15) is 0 Å². The fourth-order valence-electron chi connectivity index (χ4n) is 6.81. The fraction of sp³-hybridized carbons (Fsp3) is 0.128. The van der Waals surface area contributed by atoms with Gasteiger partial charge in [-0.15, -0.1) is 0 Å². The molecule has 0 aliphatic heterocycles. The van der Waals surface area contributed by atoms with Gasteiger partial charge >= 0.3 is 0 Å². The third-order valence-corrected chi connectivity index (χ3v) is 9.11. The smallest absolute Gasteiger partial charge is 0.0972 e. The lowest BCUT2D eigenvalue weighted by Gasteiger charge is -2.29. The van der Waals surface area contributed by atoms with E-state index in [-0.39, 0.29) is 5.41 Å². The number of benzene rings is 4. The monoisotopic (exact) mass is 526 g/mol. The predicted molar refractivity (Wildman–Crippen MR) is 171 cm³/mol. The van der Waals surface area contributed by atoms with Gasteiger partial charge in [-0.2, -0.15) is 0 Å². The van der Waals surface area contributed by atoms with Gasteiger partial charge < -0.3 is 0 Å². The first-order chi connectivity index (χ1) is 20.1. The minimum absolute atomic E-state index is 0.0705. The fourth-order valence-corrected chi connectivity index (χ4v) is 6.81. The molecule has 8 rings (SSSR count). The summed E-state index contributed by atoms with van der Waals surface area (Å²) in [4.78, 5) is 10.2. The van der Waals surface area contributed by atoms with Crippen molar-refractivity contribution in [3.8, 4) is 22.5 Å². The standard InChI is InChI=1S/C39H30N2/c1-39(2)33-11-7-6-10-31(33)32-21-18-30(24-34(32)39)25-12-14-27(15-13-25)36-23-20-29-17-16-28-19-22-35(26-8-4-3-5-9-26)40-37(28)38(29)41-36/h3-23,30H,24H2,1-2H3. The Balaban J connectivity index is 1.12. The summed E-state index contributed by atoms with van der Waals surface area (Å²) in [5, 5.41) is 2.21. The maximum absolute atomic E-state index is 5.15. The Hall–Kier alpha value is -4.82. The van der Waals surface area contributed by atoms with Crippen molar-refractivity contribution in [1.82, 2.24) is 9.97 Å². The van der Waals surface area contributed by atoms with E-state index in [0.29, 0.717) is 5.92 Å². The number of nitrogens with zero attached hydrogens (tertiary/aromatic N) is 2. The average molecular weight is 527 g/mol. The van der Waals surface area contributed by atoms with Crippen molar-refractivity contribution < 1.29 is 0 Å². The van der Waals surface area contributed by atoms with Crippen LogP contribution in [-0.2, 0) is 5.41 Å². The van der Waals surface area contributed by atoms with Crippen molar-refractivity contribution in [2.24, 2.45) is 0 Å². The van der Waals surface area contributed by atoms with E-state index < -0.39 is 0 Å². The van der Waals surface area contributed by atoms with Crippen LogP contribution in [0.25, 0.3) is 49.9 Å². The summed E-state index contributed by atoms with van der Waals surface area (Å²) >= 11 is 0. The lowest BCUT2D eigenvalue weighted by atomic mass is 9.75. The summed E-state index contributed by atoms with van der Waals surface area (Å²) in [5.74, 6) is 0.380. The van der Waals surface area contributed by atoms with Gasteiger partial charge in [-0.3, -0.25) is 0 Å². The molecule has 196 valence electrons. The van der Waals surface area contributed by atoms with E-state index in [1.54, 1.807) is 5.57 Å². The number of hydrogen-bond acceptors (Lipinski definition) is 2. The zero-order chi connectivity index (χ0) is 27.6. The second-order valence-electron chi connectivity index (χ2n) is 11.8. The SMILES string of the molecule is CC1(C)C2=C(C=CC(c3ccc(-c4ccc5ccc6ccc(-c7ccccc7)nc6c5n4)cc3)C2)c2ccccc21. The minimum atomic E-state index is 0.0705. The lowest BCUT2D eigenvalue weighted by Crippen LogP contribution is -2.19. The molecule has 2 heteroatoms. The molecule has 2 aliphatic rings.